The van der Waals surface area contributed by atoms with Gasteiger partial charge in [0.2, 0.25) is 0 Å². The van der Waals surface area contributed by atoms with Crippen LogP contribution in [-0.4, -0.2) is 11.2 Å². The van der Waals surface area contributed by atoms with E-state index in [0.717, 1.165) is 17.1 Å². The van der Waals surface area contributed by atoms with E-state index in [4.69, 9.17) is 4.99 Å². The summed E-state index contributed by atoms with van der Waals surface area (Å²) < 4.78 is 0. The predicted molar refractivity (Wildman–Crippen MR) is 90.8 cm³/mol. The molecule has 0 aliphatic rings. The molecule has 2 aromatic rings. The summed E-state index contributed by atoms with van der Waals surface area (Å²) in [5, 5.41) is 0. The minimum absolute atomic E-state index is 0. The molecule has 2 nitrogen and oxygen atoms in total. The van der Waals surface area contributed by atoms with Gasteiger partial charge in [0.1, 0.15) is 0 Å². The van der Waals surface area contributed by atoms with Crippen molar-refractivity contribution in [1.82, 2.24) is 4.98 Å². The average Bonchev–Trinajstić information content (AvgIpc) is 2.44. The minimum atomic E-state index is 0. The number of aromatic nitrogens is 1. The topological polar surface area (TPSA) is 25.2 Å². The Morgan fingerprint density at radius 3 is 1.95 bits per heavy atom. The number of aliphatic imine (C=N–C) groups is 1. The van der Waals surface area contributed by atoms with Gasteiger partial charge >= 0.3 is 0 Å². The summed E-state index contributed by atoms with van der Waals surface area (Å²) in [6.07, 6.45) is 1.88. The minimum Gasteiger partial charge on any atom is -0.254 e. The second-order valence-corrected chi connectivity index (χ2v) is 6.06. The summed E-state index contributed by atoms with van der Waals surface area (Å²) in [5.41, 5.74) is 5.62. The van der Waals surface area contributed by atoms with Crippen LogP contribution < -0.4 is 0 Å². The maximum atomic E-state index is 4.77. The molecular weight excluding hydrogens is 315 g/mol. The van der Waals surface area contributed by atoms with Gasteiger partial charge in [0, 0.05) is 22.2 Å². The third-order valence-electron chi connectivity index (χ3n) is 3.58. The van der Waals surface area contributed by atoms with Crippen LogP contribution in [0.2, 0.25) is 0 Å². The van der Waals surface area contributed by atoms with Crippen LogP contribution in [0.4, 0.5) is 5.69 Å². The molecule has 0 spiro atoms. The summed E-state index contributed by atoms with van der Waals surface area (Å²) >= 11 is 0. The number of benzene rings is 1. The summed E-state index contributed by atoms with van der Waals surface area (Å²) in [6, 6.07) is 12.5. The molecule has 0 radical (unpaired) electrons. The number of aryl methyl sites for hydroxylation is 1. The fourth-order valence-electron chi connectivity index (χ4n) is 2.43. The van der Waals surface area contributed by atoms with Crippen molar-refractivity contribution in [3.63, 3.8) is 0 Å². The van der Waals surface area contributed by atoms with Gasteiger partial charge < -0.3 is 0 Å². The SMILES string of the molecule is Cc1cccc(C=Nc2c(C(C)C)cccc2C(C)C)n1.[Ni]. The zero-order chi connectivity index (χ0) is 15.4. The molecule has 120 valence electrons. The fourth-order valence-corrected chi connectivity index (χ4v) is 2.43. The van der Waals surface area contributed by atoms with Crippen molar-refractivity contribution >= 4 is 11.9 Å². The van der Waals surface area contributed by atoms with Crippen LogP contribution >= 0.6 is 0 Å². The van der Waals surface area contributed by atoms with E-state index in [-0.39, 0.29) is 16.5 Å². The maximum absolute atomic E-state index is 4.77. The monoisotopic (exact) mass is 338 g/mol. The Bertz CT molecular complexity index is 619. The average molecular weight is 339 g/mol. The van der Waals surface area contributed by atoms with Gasteiger partial charge in [-0.25, -0.2) is 0 Å². The van der Waals surface area contributed by atoms with E-state index in [9.17, 15) is 0 Å². The molecule has 0 unspecified atom stereocenters. The molecule has 0 aliphatic heterocycles. The van der Waals surface area contributed by atoms with Crippen LogP contribution in [0.15, 0.2) is 41.4 Å². The Balaban J connectivity index is 0.00000242. The number of rotatable bonds is 4. The molecule has 0 atom stereocenters. The third-order valence-corrected chi connectivity index (χ3v) is 3.58. The van der Waals surface area contributed by atoms with Crippen LogP contribution in [-0.2, 0) is 16.5 Å². The summed E-state index contributed by atoms with van der Waals surface area (Å²) in [5.74, 6) is 0.919. The molecule has 2 rings (SSSR count). The van der Waals surface area contributed by atoms with E-state index in [1.807, 2.05) is 31.3 Å². The standard InChI is InChI=1S/C19H24N2.Ni/c1-13(2)17-10-7-11-18(14(3)4)19(17)20-12-16-9-6-8-15(5)21-16;/h6-14H,1-5H3;. The second-order valence-electron chi connectivity index (χ2n) is 6.06. The fraction of sp³-hybridized carbons (Fsp3) is 0.368. The van der Waals surface area contributed by atoms with Gasteiger partial charge in [-0.1, -0.05) is 52.0 Å². The summed E-state index contributed by atoms with van der Waals surface area (Å²) in [7, 11) is 0. The number of pyridine rings is 1. The zero-order valence-corrected chi connectivity index (χ0v) is 14.9. The molecule has 22 heavy (non-hydrogen) atoms. The van der Waals surface area contributed by atoms with Crippen molar-refractivity contribution in [2.45, 2.75) is 46.5 Å². The van der Waals surface area contributed by atoms with E-state index in [1.165, 1.54) is 11.1 Å². The van der Waals surface area contributed by atoms with Crippen LogP contribution in [0, 0.1) is 6.92 Å². The Morgan fingerprint density at radius 1 is 0.909 bits per heavy atom. The molecular formula is C19H24N2Ni. The number of nitrogens with zero attached hydrogens (tertiary/aromatic N) is 2. The van der Waals surface area contributed by atoms with Gasteiger partial charge in [-0.2, -0.15) is 0 Å². The molecule has 0 fully saturated rings. The second kappa shape index (κ2) is 8.24. The molecule has 0 saturated heterocycles. The van der Waals surface area contributed by atoms with E-state index < -0.39 is 0 Å². The van der Waals surface area contributed by atoms with Crippen molar-refractivity contribution in [2.24, 2.45) is 4.99 Å². The normalized spacial score (nSPS) is 11.2. The molecule has 3 heteroatoms. The molecule has 0 saturated carbocycles. The Morgan fingerprint density at radius 2 is 1.45 bits per heavy atom. The predicted octanol–water partition coefficient (Wildman–Crippen LogP) is 5.38. The van der Waals surface area contributed by atoms with Gasteiger partial charge in [-0.3, -0.25) is 9.98 Å². The van der Waals surface area contributed by atoms with Crippen molar-refractivity contribution in [3.05, 3.63) is 58.9 Å². The molecule has 0 aliphatic carbocycles. The summed E-state index contributed by atoms with van der Waals surface area (Å²) in [6.45, 7) is 10.8. The third kappa shape index (κ3) is 4.51. The van der Waals surface area contributed by atoms with Crippen LogP contribution in [0.5, 0.6) is 0 Å². The first-order chi connectivity index (χ1) is 9.99. The van der Waals surface area contributed by atoms with Gasteiger partial charge in [-0.05, 0) is 42.0 Å². The first kappa shape index (κ1) is 18.6. The van der Waals surface area contributed by atoms with Crippen molar-refractivity contribution < 1.29 is 16.5 Å². The molecule has 0 amide bonds. The van der Waals surface area contributed by atoms with Crippen molar-refractivity contribution in [3.8, 4) is 0 Å². The van der Waals surface area contributed by atoms with Crippen LogP contribution in [0.1, 0.15) is 62.0 Å². The number of para-hydroxylation sites is 1. The van der Waals surface area contributed by atoms with Crippen molar-refractivity contribution in [2.75, 3.05) is 0 Å². The van der Waals surface area contributed by atoms with Crippen LogP contribution in [0.25, 0.3) is 0 Å². The zero-order valence-electron chi connectivity index (χ0n) is 13.9. The first-order valence-corrected chi connectivity index (χ1v) is 7.59. The van der Waals surface area contributed by atoms with Gasteiger partial charge in [0.05, 0.1) is 17.6 Å². The van der Waals surface area contributed by atoms with E-state index in [0.29, 0.717) is 11.8 Å². The van der Waals surface area contributed by atoms with Gasteiger partial charge in [-0.15, -0.1) is 0 Å². The van der Waals surface area contributed by atoms with Crippen molar-refractivity contribution in [1.29, 1.82) is 0 Å². The molecule has 1 aromatic heterocycles. The number of hydrogen-bond acceptors (Lipinski definition) is 2. The number of hydrogen-bond donors (Lipinski definition) is 0. The maximum Gasteiger partial charge on any atom is 0.0815 e. The summed E-state index contributed by atoms with van der Waals surface area (Å²) in [4.78, 5) is 9.26. The van der Waals surface area contributed by atoms with E-state index in [2.05, 4.69) is 50.9 Å². The molecule has 1 aromatic carbocycles. The molecule has 0 N–H and O–H groups in total. The smallest absolute Gasteiger partial charge is 0.0815 e. The van der Waals surface area contributed by atoms with E-state index >= 15 is 0 Å². The van der Waals surface area contributed by atoms with Gasteiger partial charge in [0.15, 0.2) is 0 Å². The van der Waals surface area contributed by atoms with Crippen LogP contribution in [0.3, 0.4) is 0 Å². The Kier molecular flexibility index (Phi) is 6.96. The molecule has 0 bridgehead atoms. The largest absolute Gasteiger partial charge is 0.254 e. The quantitative estimate of drug-likeness (QED) is 0.542. The van der Waals surface area contributed by atoms with E-state index in [1.54, 1.807) is 0 Å². The first-order valence-electron chi connectivity index (χ1n) is 7.59. The Hall–Kier alpha value is -1.47. The Labute approximate surface area is 144 Å². The molecule has 1 heterocycles. The van der Waals surface area contributed by atoms with Gasteiger partial charge in [0.25, 0.3) is 0 Å².